The first-order chi connectivity index (χ1) is 6.36. The Labute approximate surface area is 78.1 Å². The molecule has 1 heterocycles. The Kier molecular flexibility index (Phi) is 3.65. The Hall–Kier alpha value is -1.69. The summed E-state index contributed by atoms with van der Waals surface area (Å²) in [5.74, 6) is 3.16. The summed E-state index contributed by atoms with van der Waals surface area (Å²) in [4.78, 5) is 3.98. The highest BCUT2D eigenvalue weighted by Crippen LogP contribution is 2.12. The summed E-state index contributed by atoms with van der Waals surface area (Å²) in [5.41, 5.74) is 0.974. The molecule has 0 saturated heterocycles. The minimum atomic E-state index is 0.603. The van der Waals surface area contributed by atoms with Crippen LogP contribution in [0.15, 0.2) is 18.3 Å². The molecule has 68 valence electrons. The van der Waals surface area contributed by atoms with Crippen molar-refractivity contribution < 1.29 is 4.74 Å². The first kappa shape index (κ1) is 9.40. The molecule has 1 aromatic rings. The van der Waals surface area contributed by atoms with Crippen LogP contribution in [-0.4, -0.2) is 18.6 Å². The third kappa shape index (κ3) is 3.04. The monoisotopic (exact) mass is 176 g/mol. The number of ether oxygens (including phenoxy) is 1. The second-order valence-corrected chi connectivity index (χ2v) is 2.47. The summed E-state index contributed by atoms with van der Waals surface area (Å²) >= 11 is 0. The molecule has 3 heteroatoms. The van der Waals surface area contributed by atoms with Crippen molar-refractivity contribution >= 4 is 5.69 Å². The average molecular weight is 176 g/mol. The Morgan fingerprint density at radius 2 is 2.54 bits per heavy atom. The van der Waals surface area contributed by atoms with Crippen LogP contribution < -0.4 is 10.1 Å². The molecule has 1 rings (SSSR count). The number of pyridine rings is 1. The van der Waals surface area contributed by atoms with E-state index in [1.54, 1.807) is 13.3 Å². The molecule has 1 aromatic heterocycles. The zero-order valence-corrected chi connectivity index (χ0v) is 7.58. The van der Waals surface area contributed by atoms with Crippen LogP contribution in [0.25, 0.3) is 0 Å². The molecule has 0 atom stereocenters. The quantitative estimate of drug-likeness (QED) is 0.558. The van der Waals surface area contributed by atoms with Gasteiger partial charge in [-0.15, -0.1) is 12.3 Å². The minimum absolute atomic E-state index is 0.603. The number of nitrogens with zero attached hydrogens (tertiary/aromatic N) is 1. The summed E-state index contributed by atoms with van der Waals surface area (Å²) in [6.45, 7) is 0.768. The Morgan fingerprint density at radius 3 is 3.23 bits per heavy atom. The third-order valence-electron chi connectivity index (χ3n) is 1.54. The topological polar surface area (TPSA) is 34.2 Å². The van der Waals surface area contributed by atoms with Gasteiger partial charge in [-0.1, -0.05) is 0 Å². The second kappa shape index (κ2) is 5.04. The average Bonchev–Trinajstić information content (AvgIpc) is 2.19. The van der Waals surface area contributed by atoms with Crippen LogP contribution in [0.5, 0.6) is 5.88 Å². The molecule has 0 aliphatic carbocycles. The van der Waals surface area contributed by atoms with E-state index in [4.69, 9.17) is 11.2 Å². The lowest BCUT2D eigenvalue weighted by Crippen LogP contribution is -2.00. The normalized spacial score (nSPS) is 8.92. The molecule has 0 aliphatic rings. The largest absolute Gasteiger partial charge is 0.481 e. The van der Waals surface area contributed by atoms with Gasteiger partial charge >= 0.3 is 0 Å². The van der Waals surface area contributed by atoms with Crippen molar-refractivity contribution in [2.24, 2.45) is 0 Å². The van der Waals surface area contributed by atoms with E-state index in [1.807, 2.05) is 12.1 Å². The molecule has 0 unspecified atom stereocenters. The van der Waals surface area contributed by atoms with Crippen molar-refractivity contribution in [1.29, 1.82) is 0 Å². The summed E-state index contributed by atoms with van der Waals surface area (Å²) < 4.78 is 4.97. The summed E-state index contributed by atoms with van der Waals surface area (Å²) in [5, 5.41) is 3.16. The van der Waals surface area contributed by atoms with Crippen LogP contribution in [0.3, 0.4) is 0 Å². The van der Waals surface area contributed by atoms with E-state index in [1.165, 1.54) is 0 Å². The van der Waals surface area contributed by atoms with Gasteiger partial charge in [0.1, 0.15) is 0 Å². The first-order valence-electron chi connectivity index (χ1n) is 4.04. The van der Waals surface area contributed by atoms with E-state index in [9.17, 15) is 0 Å². The highest BCUT2D eigenvalue weighted by Gasteiger charge is 1.94. The molecule has 0 radical (unpaired) electrons. The number of rotatable bonds is 4. The molecule has 0 fully saturated rings. The number of aromatic nitrogens is 1. The van der Waals surface area contributed by atoms with Crippen molar-refractivity contribution in [3.63, 3.8) is 0 Å². The van der Waals surface area contributed by atoms with Crippen LogP contribution >= 0.6 is 0 Å². The van der Waals surface area contributed by atoms with Gasteiger partial charge in [-0.05, 0) is 6.07 Å². The van der Waals surface area contributed by atoms with Gasteiger partial charge in [0.15, 0.2) is 0 Å². The fourth-order valence-corrected chi connectivity index (χ4v) is 0.910. The molecule has 0 aliphatic heterocycles. The maximum atomic E-state index is 5.12. The van der Waals surface area contributed by atoms with Gasteiger partial charge in [-0.3, -0.25) is 0 Å². The van der Waals surface area contributed by atoms with Crippen LogP contribution in [0, 0.1) is 12.3 Å². The van der Waals surface area contributed by atoms with Gasteiger partial charge < -0.3 is 10.1 Å². The van der Waals surface area contributed by atoms with Crippen LogP contribution in [0.1, 0.15) is 6.42 Å². The van der Waals surface area contributed by atoms with Crippen molar-refractivity contribution in [1.82, 2.24) is 4.98 Å². The van der Waals surface area contributed by atoms with Crippen molar-refractivity contribution in [2.75, 3.05) is 19.0 Å². The molecule has 0 saturated carbocycles. The zero-order chi connectivity index (χ0) is 9.52. The zero-order valence-electron chi connectivity index (χ0n) is 7.58. The van der Waals surface area contributed by atoms with Crippen LogP contribution in [0.4, 0.5) is 5.69 Å². The lowest BCUT2D eigenvalue weighted by molar-refractivity contribution is 0.398. The fraction of sp³-hybridized carbons (Fsp3) is 0.300. The van der Waals surface area contributed by atoms with E-state index in [-0.39, 0.29) is 0 Å². The predicted octanol–water partition coefficient (Wildman–Crippen LogP) is 1.53. The summed E-state index contributed by atoms with van der Waals surface area (Å²) in [6.07, 6.45) is 7.53. The van der Waals surface area contributed by atoms with Crippen LogP contribution in [0.2, 0.25) is 0 Å². The van der Waals surface area contributed by atoms with Crippen molar-refractivity contribution in [3.8, 4) is 18.2 Å². The molecular formula is C10H12N2O. The Balaban J connectivity index is 2.52. The fourth-order valence-electron chi connectivity index (χ4n) is 0.910. The smallest absolute Gasteiger partial charge is 0.214 e. The Bertz CT molecular complexity index is 304. The number of terminal acetylenes is 1. The van der Waals surface area contributed by atoms with E-state index in [0.717, 1.165) is 12.2 Å². The van der Waals surface area contributed by atoms with E-state index in [0.29, 0.717) is 12.3 Å². The SMILES string of the molecule is C#CCCNc1ccnc(OC)c1. The Morgan fingerprint density at radius 1 is 1.69 bits per heavy atom. The highest BCUT2D eigenvalue weighted by molar-refractivity contribution is 5.44. The number of hydrogen-bond acceptors (Lipinski definition) is 3. The third-order valence-corrected chi connectivity index (χ3v) is 1.54. The molecule has 0 aromatic carbocycles. The molecular weight excluding hydrogens is 164 g/mol. The number of methoxy groups -OCH3 is 1. The number of anilines is 1. The summed E-state index contributed by atoms with van der Waals surface area (Å²) in [6, 6.07) is 3.70. The summed E-state index contributed by atoms with van der Waals surface area (Å²) in [7, 11) is 1.59. The van der Waals surface area contributed by atoms with E-state index in [2.05, 4.69) is 16.2 Å². The van der Waals surface area contributed by atoms with Crippen molar-refractivity contribution in [3.05, 3.63) is 18.3 Å². The molecule has 3 nitrogen and oxygen atoms in total. The maximum absolute atomic E-state index is 5.12. The van der Waals surface area contributed by atoms with E-state index >= 15 is 0 Å². The first-order valence-corrected chi connectivity index (χ1v) is 4.04. The van der Waals surface area contributed by atoms with Gasteiger partial charge in [0.25, 0.3) is 0 Å². The second-order valence-electron chi connectivity index (χ2n) is 2.47. The van der Waals surface area contributed by atoms with Gasteiger partial charge in [0.2, 0.25) is 5.88 Å². The molecule has 1 N–H and O–H groups in total. The van der Waals surface area contributed by atoms with Gasteiger partial charge in [0, 0.05) is 30.9 Å². The van der Waals surface area contributed by atoms with Crippen LogP contribution in [-0.2, 0) is 0 Å². The van der Waals surface area contributed by atoms with Gasteiger partial charge in [-0.25, -0.2) is 4.98 Å². The number of hydrogen-bond donors (Lipinski definition) is 1. The molecule has 0 bridgehead atoms. The predicted molar refractivity (Wildman–Crippen MR) is 52.7 cm³/mol. The number of nitrogens with one attached hydrogen (secondary N) is 1. The van der Waals surface area contributed by atoms with Gasteiger partial charge in [0.05, 0.1) is 7.11 Å². The van der Waals surface area contributed by atoms with E-state index < -0.39 is 0 Å². The molecule has 0 amide bonds. The standard InChI is InChI=1S/C10H12N2O/c1-3-4-6-11-9-5-7-12-10(8-9)13-2/h1,5,7-8H,4,6H2,2H3,(H,11,12). The molecule has 0 spiro atoms. The molecule has 13 heavy (non-hydrogen) atoms. The lowest BCUT2D eigenvalue weighted by Gasteiger charge is -2.04. The minimum Gasteiger partial charge on any atom is -0.481 e. The van der Waals surface area contributed by atoms with Gasteiger partial charge in [-0.2, -0.15) is 0 Å². The lowest BCUT2D eigenvalue weighted by atomic mass is 10.3. The van der Waals surface area contributed by atoms with Crippen molar-refractivity contribution in [2.45, 2.75) is 6.42 Å². The highest BCUT2D eigenvalue weighted by atomic mass is 16.5. The maximum Gasteiger partial charge on any atom is 0.214 e.